The zero-order valence-corrected chi connectivity index (χ0v) is 12.0. The Hall–Kier alpha value is -0.970. The molecule has 1 aromatic heterocycles. The second-order valence-electron chi connectivity index (χ2n) is 5.95. The van der Waals surface area contributed by atoms with Crippen molar-refractivity contribution in [1.29, 1.82) is 0 Å². The Labute approximate surface area is 120 Å². The molecule has 1 aromatic rings. The van der Waals surface area contributed by atoms with E-state index in [0.717, 1.165) is 44.8 Å². The lowest BCUT2D eigenvalue weighted by atomic mass is 9.85. The number of hydrogen-bond donors (Lipinski definition) is 1. The van der Waals surface area contributed by atoms with E-state index in [1.165, 1.54) is 12.8 Å². The zero-order valence-electron chi connectivity index (χ0n) is 12.0. The molecule has 1 aliphatic heterocycles. The number of aromatic nitrogens is 1. The van der Waals surface area contributed by atoms with Crippen LogP contribution in [0.1, 0.15) is 31.4 Å². The fourth-order valence-corrected chi connectivity index (χ4v) is 3.76. The number of pyridine rings is 1. The van der Waals surface area contributed by atoms with E-state index >= 15 is 0 Å². The van der Waals surface area contributed by atoms with Crippen LogP contribution in [-0.2, 0) is 11.2 Å². The van der Waals surface area contributed by atoms with Crippen molar-refractivity contribution in [3.8, 4) is 0 Å². The molecule has 2 fully saturated rings. The molecule has 20 heavy (non-hydrogen) atoms. The first-order valence-electron chi connectivity index (χ1n) is 7.72. The molecule has 4 heteroatoms. The third kappa shape index (κ3) is 2.73. The van der Waals surface area contributed by atoms with Crippen LogP contribution in [0.25, 0.3) is 0 Å². The average Bonchev–Trinajstić information content (AvgIpc) is 3.00. The molecule has 2 heterocycles. The smallest absolute Gasteiger partial charge is 0.0779 e. The molecule has 1 aliphatic carbocycles. The summed E-state index contributed by atoms with van der Waals surface area (Å²) in [6.45, 7) is 3.47. The summed E-state index contributed by atoms with van der Waals surface area (Å²) in [5, 5.41) is 10.9. The van der Waals surface area contributed by atoms with E-state index in [4.69, 9.17) is 4.74 Å². The standard InChI is InChI=1S/C16H24N2O2/c19-15(13-14-5-1-4-8-17-14)16(6-2-3-7-16)18-9-11-20-12-10-18/h1,4-5,8,15,19H,2-3,6-7,9-13H2. The molecule has 4 nitrogen and oxygen atoms in total. The molecule has 1 saturated carbocycles. The highest BCUT2D eigenvalue weighted by Crippen LogP contribution is 2.39. The highest BCUT2D eigenvalue weighted by atomic mass is 16.5. The van der Waals surface area contributed by atoms with Gasteiger partial charge in [0.25, 0.3) is 0 Å². The predicted molar refractivity (Wildman–Crippen MR) is 77.5 cm³/mol. The van der Waals surface area contributed by atoms with Gasteiger partial charge in [-0.25, -0.2) is 0 Å². The number of hydrogen-bond acceptors (Lipinski definition) is 4. The molecule has 0 spiro atoms. The lowest BCUT2D eigenvalue weighted by Gasteiger charge is -2.46. The van der Waals surface area contributed by atoms with E-state index in [1.54, 1.807) is 6.20 Å². The molecule has 2 aliphatic rings. The third-order valence-corrected chi connectivity index (χ3v) is 4.86. The highest BCUT2D eigenvalue weighted by Gasteiger charge is 2.45. The predicted octanol–water partition coefficient (Wildman–Crippen LogP) is 1.63. The SMILES string of the molecule is OC(Cc1ccccn1)C1(N2CCOCC2)CCCC1. The maximum atomic E-state index is 10.9. The maximum absolute atomic E-state index is 10.9. The van der Waals surface area contributed by atoms with Gasteiger partial charge in [0, 0.05) is 36.9 Å². The summed E-state index contributed by atoms with van der Waals surface area (Å²) in [7, 11) is 0. The molecule has 1 N–H and O–H groups in total. The number of rotatable bonds is 4. The summed E-state index contributed by atoms with van der Waals surface area (Å²) in [5.74, 6) is 0. The molecule has 1 atom stereocenters. The Balaban J connectivity index is 1.75. The summed E-state index contributed by atoms with van der Waals surface area (Å²) < 4.78 is 5.47. The lowest BCUT2D eigenvalue weighted by molar-refractivity contribution is -0.0756. The van der Waals surface area contributed by atoms with Crippen molar-refractivity contribution < 1.29 is 9.84 Å². The van der Waals surface area contributed by atoms with E-state index in [-0.39, 0.29) is 11.6 Å². The monoisotopic (exact) mass is 276 g/mol. The molecule has 3 rings (SSSR count). The minimum absolute atomic E-state index is 0.0543. The fraction of sp³-hybridized carbons (Fsp3) is 0.688. The molecule has 0 bridgehead atoms. The van der Waals surface area contributed by atoms with Crippen LogP contribution < -0.4 is 0 Å². The quantitative estimate of drug-likeness (QED) is 0.908. The van der Waals surface area contributed by atoms with Crippen molar-refractivity contribution in [3.05, 3.63) is 30.1 Å². The second kappa shape index (κ2) is 6.20. The van der Waals surface area contributed by atoms with Gasteiger partial charge in [-0.1, -0.05) is 18.9 Å². The first kappa shape index (κ1) is 14.0. The van der Waals surface area contributed by atoms with Crippen LogP contribution >= 0.6 is 0 Å². The van der Waals surface area contributed by atoms with Gasteiger partial charge in [-0.2, -0.15) is 0 Å². The summed E-state index contributed by atoms with van der Waals surface area (Å²) in [4.78, 5) is 6.83. The Bertz CT molecular complexity index is 412. The van der Waals surface area contributed by atoms with Crippen molar-refractivity contribution in [2.24, 2.45) is 0 Å². The van der Waals surface area contributed by atoms with Crippen LogP contribution in [0.2, 0.25) is 0 Å². The van der Waals surface area contributed by atoms with Crippen LogP contribution in [0.3, 0.4) is 0 Å². The molecular weight excluding hydrogens is 252 g/mol. The van der Waals surface area contributed by atoms with E-state index in [1.807, 2.05) is 18.2 Å². The van der Waals surface area contributed by atoms with Gasteiger partial charge in [-0.3, -0.25) is 9.88 Å². The summed E-state index contributed by atoms with van der Waals surface area (Å²) in [5.41, 5.74) is 0.931. The number of morpholine rings is 1. The Morgan fingerprint density at radius 3 is 2.65 bits per heavy atom. The van der Waals surface area contributed by atoms with Crippen LogP contribution in [0, 0.1) is 0 Å². The molecule has 0 amide bonds. The summed E-state index contributed by atoms with van der Waals surface area (Å²) >= 11 is 0. The topological polar surface area (TPSA) is 45.6 Å². The second-order valence-corrected chi connectivity index (χ2v) is 5.95. The van der Waals surface area contributed by atoms with Crippen molar-refractivity contribution in [2.75, 3.05) is 26.3 Å². The van der Waals surface area contributed by atoms with Gasteiger partial charge >= 0.3 is 0 Å². The van der Waals surface area contributed by atoms with Gasteiger partial charge in [-0.05, 0) is 25.0 Å². The molecule has 1 saturated heterocycles. The van der Waals surface area contributed by atoms with Crippen molar-refractivity contribution in [1.82, 2.24) is 9.88 Å². The van der Waals surface area contributed by atoms with Crippen LogP contribution in [0.15, 0.2) is 24.4 Å². The Morgan fingerprint density at radius 1 is 1.25 bits per heavy atom. The van der Waals surface area contributed by atoms with E-state index in [2.05, 4.69) is 9.88 Å². The number of aliphatic hydroxyl groups is 1. The highest BCUT2D eigenvalue weighted by molar-refractivity contribution is 5.09. The normalized spacial score (nSPS) is 24.6. The molecule has 0 radical (unpaired) electrons. The Morgan fingerprint density at radius 2 is 2.00 bits per heavy atom. The third-order valence-electron chi connectivity index (χ3n) is 4.86. The first-order valence-corrected chi connectivity index (χ1v) is 7.72. The molecular formula is C16H24N2O2. The zero-order chi connectivity index (χ0) is 13.8. The van der Waals surface area contributed by atoms with Crippen LogP contribution in [-0.4, -0.2) is 52.9 Å². The van der Waals surface area contributed by atoms with Gasteiger partial charge < -0.3 is 9.84 Å². The fourth-order valence-electron chi connectivity index (χ4n) is 3.76. The first-order chi connectivity index (χ1) is 9.81. The minimum Gasteiger partial charge on any atom is -0.391 e. The molecule has 0 aromatic carbocycles. The average molecular weight is 276 g/mol. The van der Waals surface area contributed by atoms with E-state index in [9.17, 15) is 5.11 Å². The minimum atomic E-state index is -0.335. The van der Waals surface area contributed by atoms with Crippen molar-refractivity contribution >= 4 is 0 Å². The van der Waals surface area contributed by atoms with E-state index < -0.39 is 0 Å². The van der Waals surface area contributed by atoms with Gasteiger partial charge in [-0.15, -0.1) is 0 Å². The largest absolute Gasteiger partial charge is 0.391 e. The number of aliphatic hydroxyl groups excluding tert-OH is 1. The molecule has 110 valence electrons. The summed E-state index contributed by atoms with van der Waals surface area (Å²) in [6, 6.07) is 5.92. The van der Waals surface area contributed by atoms with Gasteiger partial charge in [0.1, 0.15) is 0 Å². The van der Waals surface area contributed by atoms with Gasteiger partial charge in [0.05, 0.1) is 19.3 Å². The van der Waals surface area contributed by atoms with Crippen molar-refractivity contribution in [3.63, 3.8) is 0 Å². The van der Waals surface area contributed by atoms with Crippen molar-refractivity contribution in [2.45, 2.75) is 43.7 Å². The van der Waals surface area contributed by atoms with Crippen LogP contribution in [0.5, 0.6) is 0 Å². The summed E-state index contributed by atoms with van der Waals surface area (Å²) in [6.07, 6.45) is 6.75. The van der Waals surface area contributed by atoms with Crippen LogP contribution in [0.4, 0.5) is 0 Å². The van der Waals surface area contributed by atoms with Gasteiger partial charge in [0.15, 0.2) is 0 Å². The lowest BCUT2D eigenvalue weighted by Crippen LogP contribution is -2.59. The van der Waals surface area contributed by atoms with Gasteiger partial charge in [0.2, 0.25) is 0 Å². The Kier molecular flexibility index (Phi) is 4.34. The maximum Gasteiger partial charge on any atom is 0.0779 e. The molecule has 1 unspecified atom stereocenters. The van der Waals surface area contributed by atoms with E-state index in [0.29, 0.717) is 6.42 Å². The number of ether oxygens (including phenoxy) is 1. The number of nitrogens with zero attached hydrogens (tertiary/aromatic N) is 2.